The molecule has 0 bridgehead atoms. The summed E-state index contributed by atoms with van der Waals surface area (Å²) in [5.41, 5.74) is 8.34. The van der Waals surface area contributed by atoms with Crippen LogP contribution in [0, 0.1) is 19.8 Å². The number of allylic oxidation sites excluding steroid dienone is 1. The van der Waals surface area contributed by atoms with E-state index in [0.717, 1.165) is 12.0 Å². The van der Waals surface area contributed by atoms with Crippen LogP contribution >= 0.6 is 0 Å². The van der Waals surface area contributed by atoms with Crippen LogP contribution in [0.5, 0.6) is 0 Å². The van der Waals surface area contributed by atoms with Gasteiger partial charge in [0.05, 0.1) is 5.92 Å². The second kappa shape index (κ2) is 8.50. The van der Waals surface area contributed by atoms with Crippen molar-refractivity contribution in [3.05, 3.63) is 113 Å². The van der Waals surface area contributed by atoms with Gasteiger partial charge < -0.3 is 0 Å². The Balaban J connectivity index is 1.51. The maximum atomic E-state index is 12.9. The fraction of sp³-hybridized carbons (Fsp3) is 0.185. The zero-order chi connectivity index (χ0) is 21.0. The van der Waals surface area contributed by atoms with Crippen LogP contribution in [0.3, 0.4) is 0 Å². The average molecular weight is 395 g/mol. The number of nitrogens with zero attached hydrogens (tertiary/aromatic N) is 1. The van der Waals surface area contributed by atoms with Crippen LogP contribution in [0.4, 0.5) is 0 Å². The summed E-state index contributed by atoms with van der Waals surface area (Å²) >= 11 is 0. The first-order valence-electron chi connectivity index (χ1n) is 10.3. The number of hydrazone groups is 1. The van der Waals surface area contributed by atoms with E-state index >= 15 is 0 Å². The summed E-state index contributed by atoms with van der Waals surface area (Å²) in [5, 5.41) is 4.12. The lowest BCUT2D eigenvalue weighted by Crippen LogP contribution is -2.25. The summed E-state index contributed by atoms with van der Waals surface area (Å²) in [4.78, 5) is 12.9. The van der Waals surface area contributed by atoms with Crippen molar-refractivity contribution in [2.24, 2.45) is 11.0 Å². The Bertz CT molecular complexity index is 1050. The van der Waals surface area contributed by atoms with Gasteiger partial charge in [-0.3, -0.25) is 4.79 Å². The molecule has 3 aromatic rings. The number of carbonyl (C=O) groups is 1. The standard InChI is InChI=1S/C27H26N2O/c1-20-9-6-14-23(17-20)27(24-15-7-10-21(2)18-24)19-25(27)26(30)29-28-16-8-13-22-11-4-3-5-12-22/h3-18,25H,19H2,1-2H3,(H,29,30)/b13-8+,28-16-/t25-/m0/s1. The highest BCUT2D eigenvalue weighted by molar-refractivity contribution is 5.87. The molecule has 30 heavy (non-hydrogen) atoms. The maximum Gasteiger partial charge on any atom is 0.244 e. The van der Waals surface area contributed by atoms with Crippen LogP contribution in [-0.2, 0) is 10.2 Å². The molecule has 150 valence electrons. The van der Waals surface area contributed by atoms with Gasteiger partial charge in [0.25, 0.3) is 0 Å². The molecule has 1 N–H and O–H groups in total. The quantitative estimate of drug-likeness (QED) is 0.440. The maximum absolute atomic E-state index is 12.9. The highest BCUT2D eigenvalue weighted by Crippen LogP contribution is 2.59. The molecular formula is C27H26N2O. The SMILES string of the molecule is Cc1cccc(C2(c3cccc(C)c3)C[C@H]2C(=O)N/N=C\C=C\c2ccccc2)c1. The summed E-state index contributed by atoms with van der Waals surface area (Å²) in [6.07, 6.45) is 6.20. The van der Waals surface area contributed by atoms with E-state index in [1.165, 1.54) is 22.3 Å². The fourth-order valence-corrected chi connectivity index (χ4v) is 4.17. The average Bonchev–Trinajstić information content (AvgIpc) is 3.51. The van der Waals surface area contributed by atoms with Crippen molar-refractivity contribution in [1.29, 1.82) is 0 Å². The van der Waals surface area contributed by atoms with Gasteiger partial charge in [-0.2, -0.15) is 5.10 Å². The minimum atomic E-state index is -0.280. The second-order valence-electron chi connectivity index (χ2n) is 7.99. The third-order valence-electron chi connectivity index (χ3n) is 5.77. The molecule has 0 radical (unpaired) electrons. The largest absolute Gasteiger partial charge is 0.273 e. The number of hydrogen-bond donors (Lipinski definition) is 1. The first kappa shape index (κ1) is 19.8. The number of rotatable bonds is 6. The van der Waals surface area contributed by atoms with Gasteiger partial charge in [0.15, 0.2) is 0 Å². The Labute approximate surface area is 178 Å². The molecule has 0 spiro atoms. The minimum absolute atomic E-state index is 0.0395. The van der Waals surface area contributed by atoms with Gasteiger partial charge in [0, 0.05) is 11.6 Å². The molecule has 3 heteroatoms. The molecule has 1 atom stereocenters. The summed E-state index contributed by atoms with van der Waals surface area (Å²) < 4.78 is 0. The number of amides is 1. The highest BCUT2D eigenvalue weighted by atomic mass is 16.2. The van der Waals surface area contributed by atoms with Gasteiger partial charge in [0.1, 0.15) is 0 Å². The molecule has 4 rings (SSSR count). The highest BCUT2D eigenvalue weighted by Gasteiger charge is 2.60. The molecule has 1 amide bonds. The van der Waals surface area contributed by atoms with E-state index in [1.54, 1.807) is 6.21 Å². The summed E-state index contributed by atoms with van der Waals surface area (Å²) in [6.45, 7) is 4.18. The van der Waals surface area contributed by atoms with E-state index in [-0.39, 0.29) is 17.2 Å². The number of hydrogen-bond acceptors (Lipinski definition) is 2. The van der Waals surface area contributed by atoms with Gasteiger partial charge >= 0.3 is 0 Å². The van der Waals surface area contributed by atoms with Crippen molar-refractivity contribution in [2.75, 3.05) is 0 Å². The Hall–Kier alpha value is -3.46. The van der Waals surface area contributed by atoms with Gasteiger partial charge in [0.2, 0.25) is 5.91 Å². The smallest absolute Gasteiger partial charge is 0.244 e. The van der Waals surface area contributed by atoms with Gasteiger partial charge in [-0.05, 0) is 43.0 Å². The van der Waals surface area contributed by atoms with Crippen LogP contribution in [0.25, 0.3) is 6.08 Å². The van der Waals surface area contributed by atoms with E-state index in [4.69, 9.17) is 0 Å². The zero-order valence-corrected chi connectivity index (χ0v) is 17.4. The zero-order valence-electron chi connectivity index (χ0n) is 17.4. The van der Waals surface area contributed by atoms with Crippen molar-refractivity contribution < 1.29 is 4.79 Å². The lowest BCUT2D eigenvalue weighted by Gasteiger charge is -2.19. The summed E-state index contributed by atoms with van der Waals surface area (Å²) in [6, 6.07) is 27.0. The van der Waals surface area contributed by atoms with Crippen molar-refractivity contribution in [1.82, 2.24) is 5.43 Å². The predicted molar refractivity (Wildman–Crippen MR) is 123 cm³/mol. The molecule has 1 fully saturated rings. The van der Waals surface area contributed by atoms with Crippen molar-refractivity contribution in [3.63, 3.8) is 0 Å². The monoisotopic (exact) mass is 394 g/mol. The normalized spacial score (nSPS) is 17.3. The molecule has 3 nitrogen and oxygen atoms in total. The van der Waals surface area contributed by atoms with Crippen LogP contribution in [0.15, 0.2) is 90.0 Å². The summed E-state index contributed by atoms with van der Waals surface area (Å²) in [5.74, 6) is -0.168. The van der Waals surface area contributed by atoms with E-state index < -0.39 is 0 Å². The van der Waals surface area contributed by atoms with Crippen LogP contribution in [0.1, 0.15) is 34.2 Å². The minimum Gasteiger partial charge on any atom is -0.273 e. The van der Waals surface area contributed by atoms with Gasteiger partial charge in [-0.25, -0.2) is 5.43 Å². The van der Waals surface area contributed by atoms with E-state index in [0.29, 0.717) is 0 Å². The van der Waals surface area contributed by atoms with E-state index in [1.807, 2.05) is 42.5 Å². The van der Waals surface area contributed by atoms with Crippen LogP contribution in [-0.4, -0.2) is 12.1 Å². The molecule has 0 aliphatic heterocycles. The van der Waals surface area contributed by atoms with Crippen molar-refractivity contribution in [3.8, 4) is 0 Å². The Morgan fingerprint density at radius 3 is 2.17 bits per heavy atom. The molecule has 0 aromatic heterocycles. The molecule has 1 saturated carbocycles. The Morgan fingerprint density at radius 2 is 1.57 bits per heavy atom. The van der Waals surface area contributed by atoms with Gasteiger partial charge in [-0.1, -0.05) is 96.1 Å². The van der Waals surface area contributed by atoms with Crippen molar-refractivity contribution in [2.45, 2.75) is 25.7 Å². The fourth-order valence-electron chi connectivity index (χ4n) is 4.17. The lowest BCUT2D eigenvalue weighted by atomic mass is 9.84. The predicted octanol–water partition coefficient (Wildman–Crippen LogP) is 5.42. The first-order valence-corrected chi connectivity index (χ1v) is 10.3. The molecule has 0 unspecified atom stereocenters. The molecule has 0 saturated heterocycles. The molecule has 0 heterocycles. The lowest BCUT2D eigenvalue weighted by molar-refractivity contribution is -0.122. The molecule has 1 aliphatic rings. The second-order valence-corrected chi connectivity index (χ2v) is 7.99. The third-order valence-corrected chi connectivity index (χ3v) is 5.77. The molecule has 1 aliphatic carbocycles. The Morgan fingerprint density at radius 1 is 0.933 bits per heavy atom. The first-order chi connectivity index (χ1) is 14.6. The number of carbonyl (C=O) groups excluding carboxylic acids is 1. The number of aryl methyl sites for hydroxylation is 2. The van der Waals surface area contributed by atoms with E-state index in [9.17, 15) is 4.79 Å². The van der Waals surface area contributed by atoms with Crippen LogP contribution in [0.2, 0.25) is 0 Å². The third kappa shape index (κ3) is 4.11. The molecule has 3 aromatic carbocycles. The van der Waals surface area contributed by atoms with Crippen LogP contribution < -0.4 is 5.43 Å². The Kier molecular flexibility index (Phi) is 5.62. The summed E-state index contributed by atoms with van der Waals surface area (Å²) in [7, 11) is 0. The number of benzene rings is 3. The van der Waals surface area contributed by atoms with Crippen molar-refractivity contribution >= 4 is 18.2 Å². The topological polar surface area (TPSA) is 41.5 Å². The van der Waals surface area contributed by atoms with Gasteiger partial charge in [-0.15, -0.1) is 0 Å². The number of nitrogens with one attached hydrogen (secondary N) is 1. The molecular weight excluding hydrogens is 368 g/mol. The van der Waals surface area contributed by atoms with E-state index in [2.05, 4.69) is 72.9 Å².